The summed E-state index contributed by atoms with van der Waals surface area (Å²) < 4.78 is 6.04. The number of aromatic nitrogens is 1. The third kappa shape index (κ3) is 3.22. The van der Waals surface area contributed by atoms with E-state index in [9.17, 15) is 0 Å². The molecule has 3 heteroatoms. The van der Waals surface area contributed by atoms with Gasteiger partial charge in [-0.3, -0.25) is 0 Å². The molecule has 0 aromatic carbocycles. The van der Waals surface area contributed by atoms with Crippen LogP contribution in [0.15, 0.2) is 18.3 Å². The summed E-state index contributed by atoms with van der Waals surface area (Å²) in [5.74, 6) is 1.43. The van der Waals surface area contributed by atoms with Gasteiger partial charge in [0, 0.05) is 18.3 Å². The molecule has 0 amide bonds. The fourth-order valence-electron chi connectivity index (χ4n) is 2.68. The lowest BCUT2D eigenvalue weighted by Crippen LogP contribution is -2.30. The number of pyridine rings is 1. The zero-order valence-corrected chi connectivity index (χ0v) is 11.4. The fraction of sp³-hybridized carbons (Fsp3) is 0.667. The van der Waals surface area contributed by atoms with Crippen LogP contribution in [0.2, 0.25) is 0 Å². The van der Waals surface area contributed by atoms with Crippen LogP contribution < -0.4 is 10.5 Å². The van der Waals surface area contributed by atoms with E-state index in [1.807, 2.05) is 25.3 Å². The first-order valence-electron chi connectivity index (χ1n) is 7.09. The van der Waals surface area contributed by atoms with Gasteiger partial charge in [-0.05, 0) is 44.1 Å². The van der Waals surface area contributed by atoms with Crippen molar-refractivity contribution in [3.8, 4) is 5.88 Å². The molecule has 3 nitrogen and oxygen atoms in total. The van der Waals surface area contributed by atoms with Crippen molar-refractivity contribution in [1.82, 2.24) is 4.98 Å². The lowest BCUT2D eigenvalue weighted by Gasteiger charge is -2.30. The highest BCUT2D eigenvalue weighted by atomic mass is 16.5. The van der Waals surface area contributed by atoms with Crippen molar-refractivity contribution in [1.29, 1.82) is 0 Å². The van der Waals surface area contributed by atoms with Gasteiger partial charge in [-0.1, -0.05) is 19.4 Å². The van der Waals surface area contributed by atoms with Crippen LogP contribution in [0.25, 0.3) is 0 Å². The van der Waals surface area contributed by atoms with Gasteiger partial charge in [0.1, 0.15) is 6.10 Å². The van der Waals surface area contributed by atoms with E-state index in [4.69, 9.17) is 10.5 Å². The quantitative estimate of drug-likeness (QED) is 0.887. The molecule has 2 rings (SSSR count). The Bertz CT molecular complexity index is 361. The summed E-state index contributed by atoms with van der Waals surface area (Å²) in [6.07, 6.45) is 8.44. The van der Waals surface area contributed by atoms with Crippen molar-refractivity contribution in [3.63, 3.8) is 0 Å². The summed E-state index contributed by atoms with van der Waals surface area (Å²) in [4.78, 5) is 4.36. The number of rotatable bonds is 4. The average molecular weight is 248 g/mol. The Morgan fingerprint density at radius 3 is 2.78 bits per heavy atom. The molecule has 1 fully saturated rings. The number of nitrogens with two attached hydrogens (primary N) is 1. The molecule has 0 saturated heterocycles. The minimum atomic E-state index is 0.0321. The standard InChI is InChI=1S/C15H24N2O/c1-3-12-6-4-5-7-14(12)18-15-9-8-13(10-17-15)11(2)16/h8-12,14H,3-7,16H2,1-2H3. The monoisotopic (exact) mass is 248 g/mol. The fourth-order valence-corrected chi connectivity index (χ4v) is 2.68. The second-order valence-corrected chi connectivity index (χ2v) is 5.33. The highest BCUT2D eigenvalue weighted by molar-refractivity contribution is 5.20. The maximum Gasteiger partial charge on any atom is 0.213 e. The van der Waals surface area contributed by atoms with Crippen molar-refractivity contribution in [2.75, 3.05) is 0 Å². The molecule has 0 spiro atoms. The Balaban J connectivity index is 1.99. The molecule has 3 unspecified atom stereocenters. The SMILES string of the molecule is CCC1CCCCC1Oc1ccc(C(C)N)cn1. The van der Waals surface area contributed by atoms with E-state index < -0.39 is 0 Å². The number of ether oxygens (including phenoxy) is 1. The first-order chi connectivity index (χ1) is 8.70. The van der Waals surface area contributed by atoms with Crippen LogP contribution in [0.3, 0.4) is 0 Å². The summed E-state index contributed by atoms with van der Waals surface area (Å²) in [5, 5.41) is 0. The summed E-state index contributed by atoms with van der Waals surface area (Å²) in [6, 6.07) is 3.99. The van der Waals surface area contributed by atoms with E-state index in [1.54, 1.807) is 0 Å². The Morgan fingerprint density at radius 2 is 2.17 bits per heavy atom. The zero-order valence-electron chi connectivity index (χ0n) is 11.4. The molecule has 1 saturated carbocycles. The average Bonchev–Trinajstić information content (AvgIpc) is 2.40. The maximum atomic E-state index is 6.04. The molecule has 0 bridgehead atoms. The first kappa shape index (κ1) is 13.3. The van der Waals surface area contributed by atoms with Gasteiger partial charge in [-0.25, -0.2) is 4.98 Å². The lowest BCUT2D eigenvalue weighted by atomic mass is 9.85. The predicted octanol–water partition coefficient (Wildman–Crippen LogP) is 3.45. The van der Waals surface area contributed by atoms with Crippen LogP contribution in [0.1, 0.15) is 57.6 Å². The van der Waals surface area contributed by atoms with Crippen molar-refractivity contribution < 1.29 is 4.74 Å². The van der Waals surface area contributed by atoms with Crippen LogP contribution in [-0.4, -0.2) is 11.1 Å². The molecule has 0 radical (unpaired) electrons. The second kappa shape index (κ2) is 6.19. The van der Waals surface area contributed by atoms with Gasteiger partial charge in [0.25, 0.3) is 0 Å². The summed E-state index contributed by atoms with van der Waals surface area (Å²) in [7, 11) is 0. The van der Waals surface area contributed by atoms with E-state index in [0.717, 1.165) is 17.9 Å². The van der Waals surface area contributed by atoms with Gasteiger partial charge in [0.2, 0.25) is 5.88 Å². The summed E-state index contributed by atoms with van der Waals surface area (Å²) in [6.45, 7) is 4.21. The van der Waals surface area contributed by atoms with Gasteiger partial charge in [-0.15, -0.1) is 0 Å². The Kier molecular flexibility index (Phi) is 4.59. The van der Waals surface area contributed by atoms with E-state index >= 15 is 0 Å². The molecule has 100 valence electrons. The second-order valence-electron chi connectivity index (χ2n) is 5.33. The Morgan fingerprint density at radius 1 is 1.39 bits per heavy atom. The van der Waals surface area contributed by atoms with Crippen LogP contribution in [-0.2, 0) is 0 Å². The van der Waals surface area contributed by atoms with Crippen LogP contribution in [0, 0.1) is 5.92 Å². The normalized spacial score (nSPS) is 25.7. The topological polar surface area (TPSA) is 48.1 Å². The van der Waals surface area contributed by atoms with Gasteiger partial charge < -0.3 is 10.5 Å². The van der Waals surface area contributed by atoms with Crippen molar-refractivity contribution in [2.45, 2.75) is 58.1 Å². The minimum absolute atomic E-state index is 0.0321. The van der Waals surface area contributed by atoms with Gasteiger partial charge in [0.05, 0.1) is 0 Å². The number of hydrogen-bond acceptors (Lipinski definition) is 3. The maximum absolute atomic E-state index is 6.04. The highest BCUT2D eigenvalue weighted by Crippen LogP contribution is 2.29. The van der Waals surface area contributed by atoms with Crippen LogP contribution >= 0.6 is 0 Å². The Labute approximate surface area is 110 Å². The molecule has 18 heavy (non-hydrogen) atoms. The molecule has 1 aliphatic rings. The summed E-state index contributed by atoms with van der Waals surface area (Å²) in [5.41, 5.74) is 6.86. The molecule has 2 N–H and O–H groups in total. The first-order valence-corrected chi connectivity index (χ1v) is 7.09. The molecule has 3 atom stereocenters. The minimum Gasteiger partial charge on any atom is -0.474 e. The van der Waals surface area contributed by atoms with E-state index in [2.05, 4.69) is 11.9 Å². The largest absolute Gasteiger partial charge is 0.474 e. The van der Waals surface area contributed by atoms with E-state index in [1.165, 1.54) is 25.7 Å². The van der Waals surface area contributed by atoms with Crippen molar-refractivity contribution in [3.05, 3.63) is 23.9 Å². The molecule has 0 aliphatic heterocycles. The van der Waals surface area contributed by atoms with Crippen LogP contribution in [0.5, 0.6) is 5.88 Å². The number of hydrogen-bond donors (Lipinski definition) is 1. The Hall–Kier alpha value is -1.09. The summed E-state index contributed by atoms with van der Waals surface area (Å²) >= 11 is 0. The van der Waals surface area contributed by atoms with Gasteiger partial charge in [0.15, 0.2) is 0 Å². The van der Waals surface area contributed by atoms with Crippen molar-refractivity contribution >= 4 is 0 Å². The van der Waals surface area contributed by atoms with Crippen LogP contribution in [0.4, 0.5) is 0 Å². The zero-order chi connectivity index (χ0) is 13.0. The predicted molar refractivity (Wildman–Crippen MR) is 73.5 cm³/mol. The number of nitrogens with zero attached hydrogens (tertiary/aromatic N) is 1. The molecule has 1 aliphatic carbocycles. The molecule has 1 aromatic heterocycles. The lowest BCUT2D eigenvalue weighted by molar-refractivity contribution is 0.0858. The highest BCUT2D eigenvalue weighted by Gasteiger charge is 2.25. The van der Waals surface area contributed by atoms with Crippen molar-refractivity contribution in [2.24, 2.45) is 11.7 Å². The molecule has 1 heterocycles. The van der Waals surface area contributed by atoms with E-state index in [-0.39, 0.29) is 6.04 Å². The van der Waals surface area contributed by atoms with E-state index in [0.29, 0.717) is 12.0 Å². The molecule has 1 aromatic rings. The molecular formula is C15H24N2O. The third-order valence-corrected chi connectivity index (χ3v) is 3.92. The van der Waals surface area contributed by atoms with Gasteiger partial charge in [-0.2, -0.15) is 0 Å². The smallest absolute Gasteiger partial charge is 0.213 e. The van der Waals surface area contributed by atoms with Gasteiger partial charge >= 0.3 is 0 Å². The molecular weight excluding hydrogens is 224 g/mol. The third-order valence-electron chi connectivity index (χ3n) is 3.92.